The topological polar surface area (TPSA) is 98.7 Å². The van der Waals surface area contributed by atoms with Crippen LogP contribution in [0.2, 0.25) is 0 Å². The van der Waals surface area contributed by atoms with Crippen LogP contribution in [0.3, 0.4) is 0 Å². The van der Waals surface area contributed by atoms with Crippen molar-refractivity contribution in [2.75, 3.05) is 31.0 Å². The summed E-state index contributed by atoms with van der Waals surface area (Å²) in [5.41, 5.74) is 3.84. The molecule has 0 aliphatic rings. The molecule has 178 valence electrons. The van der Waals surface area contributed by atoms with E-state index in [1.54, 1.807) is 31.4 Å². The number of amides is 2. The summed E-state index contributed by atoms with van der Waals surface area (Å²) >= 11 is 0. The highest BCUT2D eigenvalue weighted by Gasteiger charge is 2.18. The van der Waals surface area contributed by atoms with Gasteiger partial charge in [-0.1, -0.05) is 18.2 Å². The minimum absolute atomic E-state index is 0.254. The number of urea groups is 1. The molecule has 34 heavy (non-hydrogen) atoms. The fraction of sp³-hybridized carbons (Fsp3) is 0.269. The largest absolute Gasteiger partial charge is 0.454 e. The molecule has 2 amide bonds. The SMILES string of the molecule is COCCCn1c(C)cc(C(=O)COC(=O)c2ccc(NC(=O)Nc3ccccc3)cc2)c1C. The van der Waals surface area contributed by atoms with Gasteiger partial charge in [0.1, 0.15) is 0 Å². The van der Waals surface area contributed by atoms with Crippen LogP contribution >= 0.6 is 0 Å². The van der Waals surface area contributed by atoms with Gasteiger partial charge in [-0.25, -0.2) is 9.59 Å². The van der Waals surface area contributed by atoms with E-state index in [0.717, 1.165) is 24.4 Å². The van der Waals surface area contributed by atoms with Gasteiger partial charge in [0.15, 0.2) is 6.61 Å². The first-order chi connectivity index (χ1) is 16.4. The van der Waals surface area contributed by atoms with Crippen LogP contribution in [0, 0.1) is 13.8 Å². The molecule has 0 bridgehead atoms. The molecule has 0 spiro atoms. The van der Waals surface area contributed by atoms with Crippen LogP contribution in [-0.4, -0.2) is 42.7 Å². The van der Waals surface area contributed by atoms with Gasteiger partial charge >= 0.3 is 12.0 Å². The molecule has 0 aliphatic carbocycles. The first-order valence-corrected chi connectivity index (χ1v) is 11.0. The van der Waals surface area contributed by atoms with Crippen molar-refractivity contribution in [3.8, 4) is 0 Å². The molecule has 0 atom stereocenters. The Hall–Kier alpha value is -3.91. The van der Waals surface area contributed by atoms with Crippen molar-refractivity contribution in [1.82, 2.24) is 4.57 Å². The molecular weight excluding hydrogens is 434 g/mol. The number of ketones is 1. The first-order valence-electron chi connectivity index (χ1n) is 11.0. The first kappa shape index (κ1) is 24.7. The predicted octanol–water partition coefficient (Wildman–Crippen LogP) is 4.83. The summed E-state index contributed by atoms with van der Waals surface area (Å²) in [6, 6.07) is 16.7. The van der Waals surface area contributed by atoms with Crippen LogP contribution in [0.1, 0.15) is 38.5 Å². The van der Waals surface area contributed by atoms with Crippen molar-refractivity contribution in [2.24, 2.45) is 0 Å². The maximum absolute atomic E-state index is 12.7. The van der Waals surface area contributed by atoms with E-state index in [-0.39, 0.29) is 18.0 Å². The average Bonchev–Trinajstić information content (AvgIpc) is 3.12. The Labute approximate surface area is 198 Å². The summed E-state index contributed by atoms with van der Waals surface area (Å²) in [7, 11) is 1.66. The van der Waals surface area contributed by atoms with Crippen molar-refractivity contribution in [3.05, 3.63) is 83.2 Å². The highest BCUT2D eigenvalue weighted by atomic mass is 16.5. The molecule has 0 aliphatic heterocycles. The van der Waals surface area contributed by atoms with Gasteiger partial charge in [0.25, 0.3) is 0 Å². The van der Waals surface area contributed by atoms with E-state index >= 15 is 0 Å². The number of carbonyl (C=O) groups excluding carboxylic acids is 3. The lowest BCUT2D eigenvalue weighted by Crippen LogP contribution is -2.19. The standard InChI is InChI=1S/C26H29N3O5/c1-18-16-23(19(2)29(18)14-7-15-33-3)24(30)17-34-25(31)20-10-12-22(13-11-20)28-26(32)27-21-8-5-4-6-9-21/h4-6,8-13,16H,7,14-15,17H2,1-3H3,(H2,27,28,32). The molecule has 0 radical (unpaired) electrons. The third-order valence-electron chi connectivity index (χ3n) is 5.35. The summed E-state index contributed by atoms with van der Waals surface area (Å²) in [5.74, 6) is -0.863. The number of para-hydroxylation sites is 1. The van der Waals surface area contributed by atoms with Crippen molar-refractivity contribution in [2.45, 2.75) is 26.8 Å². The zero-order chi connectivity index (χ0) is 24.5. The maximum Gasteiger partial charge on any atom is 0.338 e. The van der Waals surface area contributed by atoms with Gasteiger partial charge in [0.05, 0.1) is 5.56 Å². The number of hydrogen-bond acceptors (Lipinski definition) is 5. The van der Waals surface area contributed by atoms with Crippen molar-refractivity contribution in [3.63, 3.8) is 0 Å². The summed E-state index contributed by atoms with van der Waals surface area (Å²) in [6.07, 6.45) is 0.842. The summed E-state index contributed by atoms with van der Waals surface area (Å²) in [5, 5.41) is 5.41. The smallest absolute Gasteiger partial charge is 0.338 e. The molecule has 0 saturated carbocycles. The maximum atomic E-state index is 12.7. The van der Waals surface area contributed by atoms with Crippen LogP contribution in [0.15, 0.2) is 60.7 Å². The van der Waals surface area contributed by atoms with Crippen LogP contribution in [0.4, 0.5) is 16.2 Å². The second kappa shape index (κ2) is 11.8. The average molecular weight is 464 g/mol. The Morgan fingerprint density at radius 2 is 1.56 bits per heavy atom. The zero-order valence-corrected chi connectivity index (χ0v) is 19.6. The van der Waals surface area contributed by atoms with Gasteiger partial charge in [-0.2, -0.15) is 0 Å². The number of methoxy groups -OCH3 is 1. The van der Waals surface area contributed by atoms with Crippen LogP contribution in [-0.2, 0) is 16.0 Å². The molecule has 0 fully saturated rings. The van der Waals surface area contributed by atoms with Crippen LogP contribution in [0.25, 0.3) is 0 Å². The van der Waals surface area contributed by atoms with Gasteiger partial charge < -0.3 is 24.7 Å². The highest BCUT2D eigenvalue weighted by Crippen LogP contribution is 2.17. The summed E-state index contributed by atoms with van der Waals surface area (Å²) in [6.45, 7) is 4.87. The Morgan fingerprint density at radius 3 is 2.21 bits per heavy atom. The molecule has 2 N–H and O–H groups in total. The van der Waals surface area contributed by atoms with Gasteiger partial charge in [0.2, 0.25) is 5.78 Å². The molecule has 1 heterocycles. The Kier molecular flexibility index (Phi) is 8.59. The van der Waals surface area contributed by atoms with E-state index < -0.39 is 12.0 Å². The lowest BCUT2D eigenvalue weighted by atomic mass is 10.1. The van der Waals surface area contributed by atoms with E-state index in [4.69, 9.17) is 9.47 Å². The molecule has 0 unspecified atom stereocenters. The number of aryl methyl sites for hydroxylation is 1. The Bertz CT molecular complexity index is 1140. The van der Waals surface area contributed by atoms with E-state index in [1.165, 1.54) is 12.1 Å². The van der Waals surface area contributed by atoms with Gasteiger partial charge in [-0.3, -0.25) is 4.79 Å². The summed E-state index contributed by atoms with van der Waals surface area (Å²) in [4.78, 5) is 37.1. The molecule has 8 nitrogen and oxygen atoms in total. The number of nitrogens with one attached hydrogen (secondary N) is 2. The second-order valence-electron chi connectivity index (χ2n) is 7.80. The van der Waals surface area contributed by atoms with Crippen LogP contribution < -0.4 is 10.6 Å². The minimum Gasteiger partial charge on any atom is -0.454 e. The lowest BCUT2D eigenvalue weighted by molar-refractivity contribution is 0.0474. The Balaban J connectivity index is 1.52. The van der Waals surface area contributed by atoms with E-state index in [2.05, 4.69) is 15.2 Å². The van der Waals surface area contributed by atoms with Crippen molar-refractivity contribution < 1.29 is 23.9 Å². The van der Waals surface area contributed by atoms with Gasteiger partial charge in [-0.05, 0) is 62.7 Å². The third kappa shape index (κ3) is 6.55. The number of ether oxygens (including phenoxy) is 2. The number of aromatic nitrogens is 1. The fourth-order valence-corrected chi connectivity index (χ4v) is 3.59. The van der Waals surface area contributed by atoms with E-state index in [0.29, 0.717) is 23.5 Å². The van der Waals surface area contributed by atoms with E-state index in [1.807, 2.05) is 38.1 Å². The second-order valence-corrected chi connectivity index (χ2v) is 7.80. The zero-order valence-electron chi connectivity index (χ0n) is 19.6. The highest BCUT2D eigenvalue weighted by molar-refractivity contribution is 6.01. The normalized spacial score (nSPS) is 10.6. The lowest BCUT2D eigenvalue weighted by Gasteiger charge is -2.10. The van der Waals surface area contributed by atoms with Gasteiger partial charge in [-0.15, -0.1) is 0 Å². The van der Waals surface area contributed by atoms with Crippen molar-refractivity contribution in [1.29, 1.82) is 0 Å². The van der Waals surface area contributed by atoms with Crippen LogP contribution in [0.5, 0.6) is 0 Å². The third-order valence-corrected chi connectivity index (χ3v) is 5.35. The molecular formula is C26H29N3O5. The number of Topliss-reactive ketones (excluding diaryl/α,β-unsaturated/α-hetero) is 1. The molecule has 0 saturated heterocycles. The number of benzene rings is 2. The number of carbonyl (C=O) groups is 3. The number of rotatable bonds is 10. The minimum atomic E-state index is -0.609. The predicted molar refractivity (Wildman–Crippen MR) is 131 cm³/mol. The number of nitrogens with zero attached hydrogens (tertiary/aromatic N) is 1. The fourth-order valence-electron chi connectivity index (χ4n) is 3.59. The van der Waals surface area contributed by atoms with E-state index in [9.17, 15) is 14.4 Å². The molecule has 3 rings (SSSR count). The molecule has 8 heteroatoms. The summed E-state index contributed by atoms with van der Waals surface area (Å²) < 4.78 is 12.4. The van der Waals surface area contributed by atoms with Gasteiger partial charge in [0, 0.05) is 48.6 Å². The monoisotopic (exact) mass is 463 g/mol. The Morgan fingerprint density at radius 1 is 0.912 bits per heavy atom. The number of esters is 1. The molecule has 3 aromatic rings. The quantitative estimate of drug-likeness (QED) is 0.255. The number of anilines is 2. The number of hydrogen-bond donors (Lipinski definition) is 2. The molecule has 1 aromatic heterocycles. The molecule has 2 aromatic carbocycles. The van der Waals surface area contributed by atoms with Crippen molar-refractivity contribution >= 4 is 29.2 Å².